The maximum Gasteiger partial charge on any atom is 0.0831 e. The smallest absolute Gasteiger partial charge is 0.0831 e. The van der Waals surface area contributed by atoms with Crippen LogP contribution in [-0.4, -0.2) is 52.1 Å². The normalized spacial score (nSPS) is 26.4. The van der Waals surface area contributed by atoms with E-state index in [9.17, 15) is 5.11 Å². The van der Waals surface area contributed by atoms with Gasteiger partial charge in [-0.25, -0.2) is 0 Å². The van der Waals surface area contributed by atoms with Gasteiger partial charge in [0, 0.05) is 44.5 Å². The first kappa shape index (κ1) is 10.6. The first-order valence-electron chi connectivity index (χ1n) is 5.23. The van der Waals surface area contributed by atoms with E-state index in [1.807, 2.05) is 26.5 Å². The molecule has 0 aliphatic carbocycles. The standard InChI is InChI=1S/C10H18N4O/c1-13(9-4-11-5-10(9)15)6-8-3-12-14(2)7-8/h3,7,9-11,15H,4-6H2,1-2H3. The quantitative estimate of drug-likeness (QED) is 0.685. The van der Waals surface area contributed by atoms with Gasteiger partial charge in [0.25, 0.3) is 0 Å². The van der Waals surface area contributed by atoms with E-state index in [-0.39, 0.29) is 12.1 Å². The minimum atomic E-state index is -0.258. The van der Waals surface area contributed by atoms with Gasteiger partial charge in [-0.1, -0.05) is 0 Å². The van der Waals surface area contributed by atoms with Crippen molar-refractivity contribution in [1.82, 2.24) is 20.0 Å². The Bertz CT molecular complexity index is 325. The van der Waals surface area contributed by atoms with Crippen molar-refractivity contribution in [2.75, 3.05) is 20.1 Å². The van der Waals surface area contributed by atoms with E-state index in [1.54, 1.807) is 4.68 Å². The average Bonchev–Trinajstić information content (AvgIpc) is 2.75. The molecule has 1 aliphatic heterocycles. The molecule has 5 nitrogen and oxygen atoms in total. The Morgan fingerprint density at radius 1 is 1.67 bits per heavy atom. The molecule has 1 aromatic heterocycles. The molecular weight excluding hydrogens is 192 g/mol. The number of hydrogen-bond acceptors (Lipinski definition) is 4. The Hall–Kier alpha value is -0.910. The molecule has 0 saturated carbocycles. The first-order chi connectivity index (χ1) is 7.16. The molecule has 0 amide bonds. The van der Waals surface area contributed by atoms with Gasteiger partial charge in [0.05, 0.1) is 12.3 Å². The number of β-amino-alcohol motifs (C(OH)–C–C–N with tert-alkyl or cyclic N) is 1. The molecule has 1 aromatic rings. The number of rotatable bonds is 3. The Kier molecular flexibility index (Phi) is 3.04. The number of aliphatic hydroxyl groups is 1. The number of aliphatic hydroxyl groups excluding tert-OH is 1. The molecule has 0 spiro atoms. The average molecular weight is 210 g/mol. The van der Waals surface area contributed by atoms with Gasteiger partial charge in [-0.3, -0.25) is 9.58 Å². The lowest BCUT2D eigenvalue weighted by molar-refractivity contribution is 0.0955. The maximum atomic E-state index is 9.72. The van der Waals surface area contributed by atoms with Crippen LogP contribution in [0, 0.1) is 0 Å². The van der Waals surface area contributed by atoms with E-state index < -0.39 is 0 Å². The van der Waals surface area contributed by atoms with Gasteiger partial charge in [-0.05, 0) is 7.05 Å². The molecular formula is C10H18N4O. The highest BCUT2D eigenvalue weighted by Crippen LogP contribution is 2.11. The third-order valence-corrected chi connectivity index (χ3v) is 2.91. The zero-order valence-corrected chi connectivity index (χ0v) is 9.22. The van der Waals surface area contributed by atoms with Gasteiger partial charge < -0.3 is 10.4 Å². The lowest BCUT2D eigenvalue weighted by atomic mass is 10.2. The Labute approximate surface area is 89.7 Å². The highest BCUT2D eigenvalue weighted by atomic mass is 16.3. The zero-order valence-electron chi connectivity index (χ0n) is 9.22. The molecule has 0 bridgehead atoms. The van der Waals surface area contributed by atoms with Gasteiger partial charge in [-0.2, -0.15) is 5.10 Å². The zero-order chi connectivity index (χ0) is 10.8. The molecule has 0 aromatic carbocycles. The predicted molar refractivity (Wildman–Crippen MR) is 57.3 cm³/mol. The molecule has 15 heavy (non-hydrogen) atoms. The highest BCUT2D eigenvalue weighted by Gasteiger charge is 2.28. The van der Waals surface area contributed by atoms with E-state index >= 15 is 0 Å². The van der Waals surface area contributed by atoms with Gasteiger partial charge in [0.2, 0.25) is 0 Å². The second kappa shape index (κ2) is 4.30. The van der Waals surface area contributed by atoms with Crippen molar-refractivity contribution in [3.63, 3.8) is 0 Å². The summed E-state index contributed by atoms with van der Waals surface area (Å²) < 4.78 is 1.80. The second-order valence-electron chi connectivity index (χ2n) is 4.23. The SMILES string of the molecule is CN(Cc1cnn(C)c1)C1CNCC1O. The van der Waals surface area contributed by atoms with Crippen LogP contribution in [0.1, 0.15) is 5.56 Å². The maximum absolute atomic E-state index is 9.72. The number of aryl methyl sites for hydroxylation is 1. The van der Waals surface area contributed by atoms with Gasteiger partial charge in [-0.15, -0.1) is 0 Å². The summed E-state index contributed by atoms with van der Waals surface area (Å²) in [7, 11) is 3.95. The van der Waals surface area contributed by atoms with Crippen molar-refractivity contribution in [1.29, 1.82) is 0 Å². The third-order valence-electron chi connectivity index (χ3n) is 2.91. The monoisotopic (exact) mass is 210 g/mol. The summed E-state index contributed by atoms with van der Waals surface area (Å²) in [5.41, 5.74) is 1.18. The molecule has 2 atom stereocenters. The van der Waals surface area contributed by atoms with Crippen molar-refractivity contribution in [2.45, 2.75) is 18.7 Å². The number of nitrogens with one attached hydrogen (secondary N) is 1. The summed E-state index contributed by atoms with van der Waals surface area (Å²) in [5.74, 6) is 0. The van der Waals surface area contributed by atoms with Crippen LogP contribution >= 0.6 is 0 Å². The molecule has 2 rings (SSSR count). The Morgan fingerprint density at radius 3 is 3.00 bits per heavy atom. The molecule has 2 N–H and O–H groups in total. The van der Waals surface area contributed by atoms with Crippen molar-refractivity contribution in [3.05, 3.63) is 18.0 Å². The Morgan fingerprint density at radius 2 is 2.47 bits per heavy atom. The van der Waals surface area contributed by atoms with Crippen LogP contribution in [0.4, 0.5) is 0 Å². The van der Waals surface area contributed by atoms with Crippen LogP contribution in [-0.2, 0) is 13.6 Å². The van der Waals surface area contributed by atoms with Gasteiger partial charge in [0.1, 0.15) is 0 Å². The number of likely N-dealkylation sites (N-methyl/N-ethyl adjacent to an activating group) is 1. The summed E-state index contributed by atoms with van der Waals surface area (Å²) in [6.45, 7) is 2.39. The fourth-order valence-electron chi connectivity index (χ4n) is 2.06. The largest absolute Gasteiger partial charge is 0.390 e. The minimum Gasteiger partial charge on any atom is -0.390 e. The van der Waals surface area contributed by atoms with Crippen molar-refractivity contribution >= 4 is 0 Å². The number of nitrogens with zero attached hydrogens (tertiary/aromatic N) is 3. The number of aromatic nitrogens is 2. The molecule has 84 valence electrons. The van der Waals surface area contributed by atoms with Crippen molar-refractivity contribution in [2.24, 2.45) is 7.05 Å². The fourth-order valence-corrected chi connectivity index (χ4v) is 2.06. The predicted octanol–water partition coefficient (Wildman–Crippen LogP) is -0.815. The summed E-state index contributed by atoms with van der Waals surface area (Å²) in [6, 6.07) is 0.213. The van der Waals surface area contributed by atoms with Crippen LogP contribution in [0.3, 0.4) is 0 Å². The topological polar surface area (TPSA) is 53.3 Å². The molecule has 1 saturated heterocycles. The van der Waals surface area contributed by atoms with E-state index in [0.717, 1.165) is 13.1 Å². The summed E-state index contributed by atoms with van der Waals surface area (Å²) in [4.78, 5) is 2.17. The third kappa shape index (κ3) is 2.37. The molecule has 2 heterocycles. The van der Waals surface area contributed by atoms with Crippen molar-refractivity contribution < 1.29 is 5.11 Å². The van der Waals surface area contributed by atoms with Crippen LogP contribution in [0.5, 0.6) is 0 Å². The molecule has 0 radical (unpaired) electrons. The summed E-state index contributed by atoms with van der Waals surface area (Å²) >= 11 is 0. The van der Waals surface area contributed by atoms with Gasteiger partial charge in [0.15, 0.2) is 0 Å². The highest BCUT2D eigenvalue weighted by molar-refractivity contribution is 5.04. The van der Waals surface area contributed by atoms with E-state index in [2.05, 4.69) is 15.3 Å². The first-order valence-corrected chi connectivity index (χ1v) is 5.23. The molecule has 2 unspecified atom stereocenters. The fraction of sp³-hybridized carbons (Fsp3) is 0.700. The second-order valence-corrected chi connectivity index (χ2v) is 4.23. The van der Waals surface area contributed by atoms with Gasteiger partial charge >= 0.3 is 0 Å². The Balaban J connectivity index is 1.94. The molecule has 5 heteroatoms. The summed E-state index contributed by atoms with van der Waals surface area (Å²) in [5, 5.41) is 17.0. The van der Waals surface area contributed by atoms with Crippen molar-refractivity contribution in [3.8, 4) is 0 Å². The van der Waals surface area contributed by atoms with Crippen LogP contribution < -0.4 is 5.32 Å². The molecule has 1 aliphatic rings. The molecule has 1 fully saturated rings. The van der Waals surface area contributed by atoms with Crippen LogP contribution in [0.15, 0.2) is 12.4 Å². The van der Waals surface area contributed by atoms with Crippen LogP contribution in [0.2, 0.25) is 0 Å². The van der Waals surface area contributed by atoms with Crippen LogP contribution in [0.25, 0.3) is 0 Å². The lowest BCUT2D eigenvalue weighted by Gasteiger charge is -2.25. The number of hydrogen-bond donors (Lipinski definition) is 2. The van der Waals surface area contributed by atoms with E-state index in [4.69, 9.17) is 0 Å². The minimum absolute atomic E-state index is 0.213. The van der Waals surface area contributed by atoms with E-state index in [0.29, 0.717) is 6.54 Å². The van der Waals surface area contributed by atoms with E-state index in [1.165, 1.54) is 5.56 Å². The lowest BCUT2D eigenvalue weighted by Crippen LogP contribution is -2.40. The summed E-state index contributed by atoms with van der Waals surface area (Å²) in [6.07, 6.45) is 3.61.